The van der Waals surface area contributed by atoms with Gasteiger partial charge < -0.3 is 10.1 Å². The van der Waals surface area contributed by atoms with E-state index in [1.165, 1.54) is 19.3 Å². The molecule has 0 radical (unpaired) electrons. The monoisotopic (exact) mass is 370 g/mol. The molecule has 2 bridgehead atoms. The van der Waals surface area contributed by atoms with E-state index >= 15 is 0 Å². The SMILES string of the molecule is CCCCOC1[C@@H]2CC[C@H]1CC(NC(=O)c1ncn3c(C)cc(C)nc13)C2. The predicted molar refractivity (Wildman–Crippen MR) is 104 cm³/mol. The van der Waals surface area contributed by atoms with Gasteiger partial charge in [0.05, 0.1) is 6.10 Å². The minimum absolute atomic E-state index is 0.107. The lowest BCUT2D eigenvalue weighted by Crippen LogP contribution is -2.44. The smallest absolute Gasteiger partial charge is 0.274 e. The van der Waals surface area contributed by atoms with Crippen molar-refractivity contribution in [3.63, 3.8) is 0 Å². The predicted octanol–water partition coefficient (Wildman–Crippen LogP) is 3.45. The summed E-state index contributed by atoms with van der Waals surface area (Å²) in [7, 11) is 0. The summed E-state index contributed by atoms with van der Waals surface area (Å²) < 4.78 is 8.06. The highest BCUT2D eigenvalue weighted by atomic mass is 16.5. The van der Waals surface area contributed by atoms with E-state index in [0.29, 0.717) is 29.3 Å². The summed E-state index contributed by atoms with van der Waals surface area (Å²) in [5, 5.41) is 3.23. The van der Waals surface area contributed by atoms with Crippen LogP contribution in [0.4, 0.5) is 0 Å². The van der Waals surface area contributed by atoms with Crippen LogP contribution in [0.3, 0.4) is 0 Å². The van der Waals surface area contributed by atoms with Crippen LogP contribution in [-0.4, -0.2) is 39.0 Å². The molecule has 0 aliphatic heterocycles. The first kappa shape index (κ1) is 18.4. The van der Waals surface area contributed by atoms with Crippen LogP contribution >= 0.6 is 0 Å². The fraction of sp³-hybridized carbons (Fsp3) is 0.667. The van der Waals surface area contributed by atoms with E-state index in [4.69, 9.17) is 4.74 Å². The number of carbonyl (C=O) groups excluding carboxylic acids is 1. The minimum Gasteiger partial charge on any atom is -0.378 e. The molecular formula is C21H30N4O2. The van der Waals surface area contributed by atoms with E-state index in [1.54, 1.807) is 6.33 Å². The van der Waals surface area contributed by atoms with Crippen molar-refractivity contribution >= 4 is 11.6 Å². The van der Waals surface area contributed by atoms with Gasteiger partial charge in [0.2, 0.25) is 0 Å². The topological polar surface area (TPSA) is 68.5 Å². The van der Waals surface area contributed by atoms with Gasteiger partial charge in [-0.05, 0) is 63.9 Å². The highest BCUT2D eigenvalue weighted by Crippen LogP contribution is 2.44. The molecule has 2 aromatic rings. The number of nitrogens with one attached hydrogen (secondary N) is 1. The Morgan fingerprint density at radius 3 is 2.74 bits per heavy atom. The van der Waals surface area contributed by atoms with Gasteiger partial charge in [0.15, 0.2) is 11.3 Å². The number of hydrogen-bond donors (Lipinski definition) is 1. The first-order chi connectivity index (χ1) is 13.1. The number of fused-ring (bicyclic) bond motifs is 3. The van der Waals surface area contributed by atoms with E-state index in [2.05, 4.69) is 22.2 Å². The second-order valence-corrected chi connectivity index (χ2v) is 8.25. The number of nitrogens with zero attached hydrogens (tertiary/aromatic N) is 3. The maximum absolute atomic E-state index is 12.9. The second-order valence-electron chi connectivity index (χ2n) is 8.25. The van der Waals surface area contributed by atoms with Crippen LogP contribution in [-0.2, 0) is 4.74 Å². The van der Waals surface area contributed by atoms with Crippen LogP contribution in [0.2, 0.25) is 0 Å². The maximum atomic E-state index is 12.9. The number of amides is 1. The van der Waals surface area contributed by atoms with Gasteiger partial charge in [0.25, 0.3) is 5.91 Å². The Hall–Kier alpha value is -1.95. The van der Waals surface area contributed by atoms with Crippen LogP contribution in [0.5, 0.6) is 0 Å². The average Bonchev–Trinajstić information content (AvgIpc) is 3.14. The summed E-state index contributed by atoms with van der Waals surface area (Å²) in [5.74, 6) is 1.05. The van der Waals surface area contributed by atoms with Crippen molar-refractivity contribution in [1.29, 1.82) is 0 Å². The molecule has 2 aliphatic carbocycles. The summed E-state index contributed by atoms with van der Waals surface area (Å²) in [4.78, 5) is 21.7. The Morgan fingerprint density at radius 2 is 2.04 bits per heavy atom. The van der Waals surface area contributed by atoms with Gasteiger partial charge in [-0.15, -0.1) is 0 Å². The Balaban J connectivity index is 1.43. The van der Waals surface area contributed by atoms with Crippen molar-refractivity contribution in [2.45, 2.75) is 71.4 Å². The molecule has 146 valence electrons. The van der Waals surface area contributed by atoms with Gasteiger partial charge in [-0.2, -0.15) is 0 Å². The van der Waals surface area contributed by atoms with E-state index in [0.717, 1.165) is 37.3 Å². The number of unbranched alkanes of at least 4 members (excludes halogenated alkanes) is 1. The number of aryl methyl sites for hydroxylation is 2. The van der Waals surface area contributed by atoms with Gasteiger partial charge in [-0.1, -0.05) is 13.3 Å². The highest BCUT2D eigenvalue weighted by Gasteiger charge is 2.43. The molecule has 6 nitrogen and oxygen atoms in total. The fourth-order valence-electron chi connectivity index (χ4n) is 4.92. The van der Waals surface area contributed by atoms with Gasteiger partial charge in [0.1, 0.15) is 6.33 Å². The first-order valence-corrected chi connectivity index (χ1v) is 10.3. The van der Waals surface area contributed by atoms with Gasteiger partial charge in [0, 0.05) is 24.0 Å². The lowest BCUT2D eigenvalue weighted by Gasteiger charge is -2.35. The molecule has 0 saturated heterocycles. The fourth-order valence-corrected chi connectivity index (χ4v) is 4.92. The third kappa shape index (κ3) is 3.59. The van der Waals surface area contributed by atoms with Crippen LogP contribution in [0.15, 0.2) is 12.4 Å². The zero-order valence-corrected chi connectivity index (χ0v) is 16.6. The van der Waals surface area contributed by atoms with Crippen molar-refractivity contribution in [3.8, 4) is 0 Å². The Bertz CT molecular complexity index is 817. The summed E-state index contributed by atoms with van der Waals surface area (Å²) in [6.07, 6.45) is 8.86. The molecule has 2 aliphatic rings. The number of hydrogen-bond acceptors (Lipinski definition) is 4. The van der Waals surface area contributed by atoms with Crippen LogP contribution in [0.25, 0.3) is 5.65 Å². The van der Waals surface area contributed by atoms with Crippen molar-refractivity contribution in [1.82, 2.24) is 19.7 Å². The molecule has 27 heavy (non-hydrogen) atoms. The average molecular weight is 370 g/mol. The Kier molecular flexibility index (Phi) is 5.17. The molecule has 2 fully saturated rings. The normalized spacial score (nSPS) is 27.2. The molecule has 2 aromatic heterocycles. The molecule has 1 amide bonds. The Labute approximate surface area is 160 Å². The molecule has 6 heteroatoms. The lowest BCUT2D eigenvalue weighted by molar-refractivity contribution is -0.0263. The summed E-state index contributed by atoms with van der Waals surface area (Å²) in [5.41, 5.74) is 3.00. The van der Waals surface area contributed by atoms with Crippen molar-refractivity contribution in [2.75, 3.05) is 6.61 Å². The Morgan fingerprint density at radius 1 is 1.30 bits per heavy atom. The first-order valence-electron chi connectivity index (χ1n) is 10.3. The molecular weight excluding hydrogens is 340 g/mol. The van der Waals surface area contributed by atoms with E-state index in [9.17, 15) is 4.79 Å². The molecule has 4 atom stereocenters. The summed E-state index contributed by atoms with van der Waals surface area (Å²) in [6.45, 7) is 7.01. The van der Waals surface area contributed by atoms with Crippen LogP contribution in [0.1, 0.15) is 67.3 Å². The lowest BCUT2D eigenvalue weighted by atomic mass is 9.82. The molecule has 2 saturated carbocycles. The van der Waals surface area contributed by atoms with E-state index in [1.807, 2.05) is 24.3 Å². The van der Waals surface area contributed by atoms with Gasteiger partial charge in [-0.3, -0.25) is 9.20 Å². The van der Waals surface area contributed by atoms with Crippen molar-refractivity contribution in [2.24, 2.45) is 11.8 Å². The molecule has 1 N–H and O–H groups in total. The zero-order chi connectivity index (χ0) is 19.0. The quantitative estimate of drug-likeness (QED) is 0.791. The number of imidazole rings is 1. The van der Waals surface area contributed by atoms with Gasteiger partial charge >= 0.3 is 0 Å². The third-order valence-electron chi connectivity index (χ3n) is 6.19. The van der Waals surface area contributed by atoms with E-state index in [-0.39, 0.29) is 11.9 Å². The third-order valence-corrected chi connectivity index (χ3v) is 6.19. The van der Waals surface area contributed by atoms with Crippen LogP contribution in [0, 0.1) is 25.7 Å². The zero-order valence-electron chi connectivity index (χ0n) is 16.6. The summed E-state index contributed by atoms with van der Waals surface area (Å²) >= 11 is 0. The standard InChI is InChI=1S/C21H30N4O2/c1-4-5-8-27-19-15-6-7-16(19)11-17(10-15)24-21(26)18-20-23-13(2)9-14(3)25(20)12-22-18/h9,12,15-17,19H,4-8,10-11H2,1-3H3,(H,24,26)/t15-,16+,17?,19?. The maximum Gasteiger partial charge on any atom is 0.274 e. The highest BCUT2D eigenvalue weighted by molar-refractivity contribution is 5.98. The van der Waals surface area contributed by atoms with E-state index < -0.39 is 0 Å². The van der Waals surface area contributed by atoms with Crippen LogP contribution < -0.4 is 5.32 Å². The second kappa shape index (κ2) is 7.58. The van der Waals surface area contributed by atoms with Gasteiger partial charge in [-0.25, -0.2) is 9.97 Å². The molecule has 2 unspecified atom stereocenters. The molecule has 2 heterocycles. The van der Waals surface area contributed by atoms with Crippen molar-refractivity contribution < 1.29 is 9.53 Å². The number of aromatic nitrogens is 3. The minimum atomic E-state index is -0.107. The largest absolute Gasteiger partial charge is 0.378 e. The molecule has 4 rings (SSSR count). The number of ether oxygens (including phenoxy) is 1. The summed E-state index contributed by atoms with van der Waals surface area (Å²) in [6, 6.07) is 2.21. The number of rotatable bonds is 6. The molecule has 0 aromatic carbocycles. The molecule has 0 spiro atoms. The van der Waals surface area contributed by atoms with Crippen molar-refractivity contribution in [3.05, 3.63) is 29.5 Å². The number of carbonyl (C=O) groups is 1.